The summed E-state index contributed by atoms with van der Waals surface area (Å²) in [4.78, 5) is 13.0. The number of anilines is 2. The third kappa shape index (κ3) is 4.25. The molecule has 0 atom stereocenters. The van der Waals surface area contributed by atoms with E-state index in [1.807, 2.05) is 30.3 Å². The van der Waals surface area contributed by atoms with E-state index in [-0.39, 0.29) is 6.42 Å². The smallest absolute Gasteiger partial charge is 0.307 e. The van der Waals surface area contributed by atoms with E-state index in [0.29, 0.717) is 5.69 Å². The van der Waals surface area contributed by atoms with Gasteiger partial charge in [-0.1, -0.05) is 43.3 Å². The van der Waals surface area contributed by atoms with Crippen molar-refractivity contribution in [3.05, 3.63) is 59.7 Å². The first kappa shape index (κ1) is 15.9. The number of nitrogens with two attached hydrogens (primary N) is 1. The van der Waals surface area contributed by atoms with Gasteiger partial charge < -0.3 is 15.7 Å². The highest BCUT2D eigenvalue weighted by molar-refractivity contribution is 5.74. The van der Waals surface area contributed by atoms with Gasteiger partial charge in [0.2, 0.25) is 0 Å². The number of carbonyl (C=O) groups is 1. The van der Waals surface area contributed by atoms with Gasteiger partial charge in [-0.3, -0.25) is 4.79 Å². The molecule has 0 radical (unpaired) electrons. The fourth-order valence-corrected chi connectivity index (χ4v) is 2.53. The molecule has 0 aliphatic carbocycles. The molecule has 0 saturated carbocycles. The van der Waals surface area contributed by atoms with Crippen LogP contribution in [0.3, 0.4) is 0 Å². The van der Waals surface area contributed by atoms with Crippen molar-refractivity contribution in [2.75, 3.05) is 17.2 Å². The first-order valence-electron chi connectivity index (χ1n) is 7.49. The van der Waals surface area contributed by atoms with E-state index in [1.165, 1.54) is 5.56 Å². The predicted octanol–water partition coefficient (Wildman–Crippen LogP) is 3.31. The van der Waals surface area contributed by atoms with Crippen LogP contribution in [0.5, 0.6) is 0 Å². The minimum Gasteiger partial charge on any atom is -0.481 e. The Kier molecular flexibility index (Phi) is 5.42. The van der Waals surface area contributed by atoms with Gasteiger partial charge in [0.1, 0.15) is 0 Å². The van der Waals surface area contributed by atoms with Crippen molar-refractivity contribution in [2.24, 2.45) is 0 Å². The van der Waals surface area contributed by atoms with E-state index in [1.54, 1.807) is 6.07 Å². The summed E-state index contributed by atoms with van der Waals surface area (Å²) < 4.78 is 0. The molecule has 116 valence electrons. The molecule has 4 heteroatoms. The number of aliphatic carboxylic acids is 1. The van der Waals surface area contributed by atoms with Crippen LogP contribution >= 0.6 is 0 Å². The molecule has 2 aromatic rings. The summed E-state index contributed by atoms with van der Waals surface area (Å²) in [5.41, 5.74) is 9.69. The van der Waals surface area contributed by atoms with Crippen molar-refractivity contribution in [2.45, 2.75) is 26.3 Å². The maximum atomic E-state index is 10.8. The molecule has 2 aromatic carbocycles. The van der Waals surface area contributed by atoms with Gasteiger partial charge >= 0.3 is 5.97 Å². The number of nitrogen functional groups attached to an aromatic ring is 1. The summed E-state index contributed by atoms with van der Waals surface area (Å²) in [6, 6.07) is 15.8. The molecule has 0 aliphatic heterocycles. The van der Waals surface area contributed by atoms with Crippen LogP contribution < -0.4 is 10.6 Å². The van der Waals surface area contributed by atoms with E-state index in [4.69, 9.17) is 10.8 Å². The van der Waals surface area contributed by atoms with E-state index in [9.17, 15) is 4.79 Å². The Hall–Kier alpha value is -2.49. The Morgan fingerprint density at radius 3 is 2.45 bits per heavy atom. The zero-order valence-corrected chi connectivity index (χ0v) is 12.8. The Morgan fingerprint density at radius 1 is 1.14 bits per heavy atom. The molecule has 0 saturated heterocycles. The topological polar surface area (TPSA) is 66.6 Å². The summed E-state index contributed by atoms with van der Waals surface area (Å²) >= 11 is 0. The molecule has 0 spiro atoms. The van der Waals surface area contributed by atoms with Crippen LogP contribution in [0.25, 0.3) is 0 Å². The first-order valence-corrected chi connectivity index (χ1v) is 7.49. The highest BCUT2D eigenvalue weighted by atomic mass is 16.4. The fourth-order valence-electron chi connectivity index (χ4n) is 2.53. The second-order valence-corrected chi connectivity index (χ2v) is 5.37. The number of benzene rings is 2. The van der Waals surface area contributed by atoms with E-state index < -0.39 is 5.97 Å². The van der Waals surface area contributed by atoms with Gasteiger partial charge in [0.15, 0.2) is 0 Å². The SMILES string of the molecule is CCCN(Cc1ccccc1)c1ccc(CC(=O)O)cc1N. The average Bonchev–Trinajstić information content (AvgIpc) is 2.47. The van der Waals surface area contributed by atoms with Crippen LogP contribution in [-0.4, -0.2) is 17.6 Å². The van der Waals surface area contributed by atoms with Crippen LogP contribution in [0.15, 0.2) is 48.5 Å². The lowest BCUT2D eigenvalue weighted by atomic mass is 10.1. The molecule has 22 heavy (non-hydrogen) atoms. The normalized spacial score (nSPS) is 10.4. The molecule has 4 nitrogen and oxygen atoms in total. The summed E-state index contributed by atoms with van der Waals surface area (Å²) in [7, 11) is 0. The first-order chi connectivity index (χ1) is 10.6. The number of carboxylic acid groups (broad SMARTS) is 1. The molecule has 0 amide bonds. The van der Waals surface area contributed by atoms with Crippen LogP contribution in [0.2, 0.25) is 0 Å². The van der Waals surface area contributed by atoms with Gasteiger partial charge in [-0.15, -0.1) is 0 Å². The Bertz CT molecular complexity index is 626. The summed E-state index contributed by atoms with van der Waals surface area (Å²) in [6.07, 6.45) is 1.01. The van der Waals surface area contributed by atoms with Crippen molar-refractivity contribution >= 4 is 17.3 Å². The quantitative estimate of drug-likeness (QED) is 0.770. The summed E-state index contributed by atoms with van der Waals surface area (Å²) in [5, 5.41) is 8.86. The molecule has 0 aromatic heterocycles. The molecule has 0 aliphatic rings. The van der Waals surface area contributed by atoms with Crippen molar-refractivity contribution in [1.29, 1.82) is 0 Å². The van der Waals surface area contributed by atoms with Crippen LogP contribution in [0.4, 0.5) is 11.4 Å². The molecular formula is C18H22N2O2. The predicted molar refractivity (Wildman–Crippen MR) is 90.0 cm³/mol. The average molecular weight is 298 g/mol. The highest BCUT2D eigenvalue weighted by Gasteiger charge is 2.11. The van der Waals surface area contributed by atoms with Gasteiger partial charge in [0.05, 0.1) is 17.8 Å². The van der Waals surface area contributed by atoms with E-state index in [0.717, 1.165) is 30.8 Å². The molecular weight excluding hydrogens is 276 g/mol. The Morgan fingerprint density at radius 2 is 1.86 bits per heavy atom. The maximum absolute atomic E-state index is 10.8. The van der Waals surface area contributed by atoms with Crippen LogP contribution in [0.1, 0.15) is 24.5 Å². The molecule has 0 unspecified atom stereocenters. The summed E-state index contributed by atoms with van der Waals surface area (Å²) in [6.45, 7) is 3.82. The van der Waals surface area contributed by atoms with Gasteiger partial charge in [-0.05, 0) is 29.7 Å². The van der Waals surface area contributed by atoms with Crippen molar-refractivity contribution in [1.82, 2.24) is 0 Å². The van der Waals surface area contributed by atoms with Gasteiger partial charge in [-0.25, -0.2) is 0 Å². The standard InChI is InChI=1S/C18H22N2O2/c1-2-10-20(13-14-6-4-3-5-7-14)17-9-8-15(11-16(17)19)12-18(21)22/h3-9,11H,2,10,12-13,19H2,1H3,(H,21,22). The minimum absolute atomic E-state index is 0.00303. The number of hydrogen-bond acceptors (Lipinski definition) is 3. The fraction of sp³-hybridized carbons (Fsp3) is 0.278. The largest absolute Gasteiger partial charge is 0.481 e. The van der Waals surface area contributed by atoms with Crippen molar-refractivity contribution in [3.8, 4) is 0 Å². The van der Waals surface area contributed by atoms with Crippen molar-refractivity contribution in [3.63, 3.8) is 0 Å². The molecule has 3 N–H and O–H groups in total. The van der Waals surface area contributed by atoms with E-state index >= 15 is 0 Å². The lowest BCUT2D eigenvalue weighted by molar-refractivity contribution is -0.136. The molecule has 0 heterocycles. The number of nitrogens with zero attached hydrogens (tertiary/aromatic N) is 1. The number of carboxylic acids is 1. The number of rotatable bonds is 7. The lowest BCUT2D eigenvalue weighted by Crippen LogP contribution is -2.24. The summed E-state index contributed by atoms with van der Waals surface area (Å²) in [5.74, 6) is -0.846. The monoisotopic (exact) mass is 298 g/mol. The lowest BCUT2D eigenvalue weighted by Gasteiger charge is -2.26. The van der Waals surface area contributed by atoms with Gasteiger partial charge in [0.25, 0.3) is 0 Å². The third-order valence-electron chi connectivity index (χ3n) is 3.50. The van der Waals surface area contributed by atoms with Crippen LogP contribution in [0, 0.1) is 0 Å². The van der Waals surface area contributed by atoms with Gasteiger partial charge in [0, 0.05) is 13.1 Å². The maximum Gasteiger partial charge on any atom is 0.307 e. The van der Waals surface area contributed by atoms with Gasteiger partial charge in [-0.2, -0.15) is 0 Å². The zero-order valence-electron chi connectivity index (χ0n) is 12.8. The zero-order chi connectivity index (χ0) is 15.9. The molecule has 0 fully saturated rings. The highest BCUT2D eigenvalue weighted by Crippen LogP contribution is 2.26. The Balaban J connectivity index is 2.22. The third-order valence-corrected chi connectivity index (χ3v) is 3.50. The number of hydrogen-bond donors (Lipinski definition) is 2. The Labute approximate surface area is 131 Å². The van der Waals surface area contributed by atoms with E-state index in [2.05, 4.69) is 24.0 Å². The second kappa shape index (κ2) is 7.50. The van der Waals surface area contributed by atoms with Crippen LogP contribution in [-0.2, 0) is 17.8 Å². The van der Waals surface area contributed by atoms with Crippen molar-refractivity contribution < 1.29 is 9.90 Å². The molecule has 2 rings (SSSR count). The molecule has 0 bridgehead atoms. The minimum atomic E-state index is -0.846. The second-order valence-electron chi connectivity index (χ2n) is 5.37.